The number of allylic oxidation sites excluding steroid dienone is 2. The Kier molecular flexibility index (Phi) is 9.91. The Balaban J connectivity index is 1.24. The van der Waals surface area contributed by atoms with Crippen LogP contribution >= 0.6 is 0 Å². The minimum Gasteiger partial charge on any atom is -0.444 e. The zero-order valence-corrected chi connectivity index (χ0v) is 27.0. The predicted molar refractivity (Wildman–Crippen MR) is 165 cm³/mol. The van der Waals surface area contributed by atoms with Crippen LogP contribution in [0, 0.1) is 46.8 Å². The molecule has 1 amide bonds. The monoisotopic (exact) mass is 541 g/mol. The van der Waals surface area contributed by atoms with Crippen molar-refractivity contribution in [1.82, 2.24) is 5.32 Å². The second-order valence-corrected chi connectivity index (χ2v) is 16.2. The summed E-state index contributed by atoms with van der Waals surface area (Å²) in [7, 11) is 0. The molecule has 0 aromatic heterocycles. The zero-order valence-electron chi connectivity index (χ0n) is 27.0. The minimum atomic E-state index is -0.442. The molecule has 3 fully saturated rings. The van der Waals surface area contributed by atoms with Gasteiger partial charge in [0.15, 0.2) is 0 Å². The zero-order chi connectivity index (χ0) is 28.4. The number of fused-ring (bicyclic) bond motifs is 1. The molecule has 5 aliphatic carbocycles. The summed E-state index contributed by atoms with van der Waals surface area (Å²) in [4.78, 5) is 12.7. The number of nitrogens with one attached hydrogen (secondary N) is 1. The quantitative estimate of drug-likeness (QED) is 0.295. The molecule has 0 spiro atoms. The topological polar surface area (TPSA) is 38.3 Å². The van der Waals surface area contributed by atoms with E-state index in [1.54, 1.807) is 5.57 Å². The number of carbonyl (C=O) groups excluding carboxylic acids is 1. The van der Waals surface area contributed by atoms with E-state index in [4.69, 9.17) is 4.74 Å². The van der Waals surface area contributed by atoms with Crippen LogP contribution in [0.25, 0.3) is 0 Å². The molecule has 0 aliphatic heterocycles. The van der Waals surface area contributed by atoms with Gasteiger partial charge in [-0.15, -0.1) is 0 Å². The van der Waals surface area contributed by atoms with Gasteiger partial charge < -0.3 is 10.1 Å². The number of amides is 1. The third kappa shape index (κ3) is 7.27. The highest BCUT2D eigenvalue weighted by molar-refractivity contribution is 5.69. The van der Waals surface area contributed by atoms with Gasteiger partial charge in [0.2, 0.25) is 0 Å². The lowest BCUT2D eigenvalue weighted by molar-refractivity contribution is -0.0432. The van der Waals surface area contributed by atoms with E-state index in [-0.39, 0.29) is 11.6 Å². The highest BCUT2D eigenvalue weighted by Crippen LogP contribution is 2.63. The molecule has 0 aromatic carbocycles. The molecule has 1 N–H and O–H groups in total. The lowest BCUT2D eigenvalue weighted by Crippen LogP contribution is -2.52. The van der Waals surface area contributed by atoms with Gasteiger partial charge in [0.05, 0.1) is 0 Å². The van der Waals surface area contributed by atoms with Gasteiger partial charge in [-0.1, -0.05) is 97.6 Å². The Hall–Kier alpha value is -0.990. The van der Waals surface area contributed by atoms with Gasteiger partial charge in [0.25, 0.3) is 0 Å². The van der Waals surface area contributed by atoms with Crippen molar-refractivity contribution >= 4 is 6.09 Å². The lowest BCUT2D eigenvalue weighted by atomic mass is 9.45. The van der Waals surface area contributed by atoms with Crippen molar-refractivity contribution in [1.29, 1.82) is 0 Å². The third-order valence-corrected chi connectivity index (χ3v) is 12.1. The van der Waals surface area contributed by atoms with Gasteiger partial charge in [-0.2, -0.15) is 0 Å². The SMILES string of the molecule is CC(C)C1=CCC2CC1C2(C)CCC(C)C1CCCC(CC(C)C2(NC(=O)OC(C)(C)C)CCCC2)CCC1. The standard InChI is InChI=1S/C36H63NO2/c1-25(2)31-18-17-30-24-32(31)35(30,8)22-19-26(3)29-15-11-13-28(14-12-16-29)23-27(4)36(20-9-10-21-36)37-33(38)39-34(5,6)7/h18,25-30,32H,9-17,19-24H2,1-8H3,(H,37,38). The van der Waals surface area contributed by atoms with Crippen molar-refractivity contribution in [3.63, 3.8) is 0 Å². The minimum absolute atomic E-state index is 0.0672. The molecule has 5 rings (SSSR count). The van der Waals surface area contributed by atoms with Crippen molar-refractivity contribution in [2.24, 2.45) is 46.8 Å². The molecule has 3 nitrogen and oxygen atoms in total. The molecular weight excluding hydrogens is 478 g/mol. The lowest BCUT2D eigenvalue weighted by Gasteiger charge is -2.59. The number of ether oxygens (including phenoxy) is 1. The molecule has 5 atom stereocenters. The summed E-state index contributed by atoms with van der Waals surface area (Å²) in [6, 6.07) is 0. The van der Waals surface area contributed by atoms with E-state index in [2.05, 4.69) is 46.0 Å². The van der Waals surface area contributed by atoms with Crippen LogP contribution in [0.2, 0.25) is 0 Å². The first-order chi connectivity index (χ1) is 18.3. The molecule has 5 unspecified atom stereocenters. The number of alkyl carbamates (subject to hydrolysis) is 1. The van der Waals surface area contributed by atoms with Crippen LogP contribution in [0.15, 0.2) is 11.6 Å². The van der Waals surface area contributed by atoms with E-state index < -0.39 is 5.60 Å². The van der Waals surface area contributed by atoms with E-state index in [9.17, 15) is 4.79 Å². The number of rotatable bonds is 9. The van der Waals surface area contributed by atoms with Crippen molar-refractivity contribution in [3.05, 3.63) is 11.6 Å². The van der Waals surface area contributed by atoms with Crippen LogP contribution in [0.3, 0.4) is 0 Å². The Morgan fingerprint density at radius 3 is 2.23 bits per heavy atom. The molecule has 0 heterocycles. The van der Waals surface area contributed by atoms with Gasteiger partial charge >= 0.3 is 6.09 Å². The van der Waals surface area contributed by atoms with Crippen LogP contribution in [0.4, 0.5) is 4.79 Å². The van der Waals surface area contributed by atoms with E-state index in [0.717, 1.165) is 48.3 Å². The van der Waals surface area contributed by atoms with Gasteiger partial charge in [0.1, 0.15) is 5.60 Å². The first-order valence-corrected chi connectivity index (χ1v) is 17.0. The average molecular weight is 542 g/mol. The Bertz CT molecular complexity index is 837. The van der Waals surface area contributed by atoms with Crippen LogP contribution in [-0.2, 0) is 4.74 Å². The van der Waals surface area contributed by atoms with Crippen molar-refractivity contribution < 1.29 is 9.53 Å². The molecular formula is C36H63NO2. The maximum absolute atomic E-state index is 12.7. The molecule has 224 valence electrons. The van der Waals surface area contributed by atoms with Gasteiger partial charge in [-0.3, -0.25) is 0 Å². The second kappa shape index (κ2) is 12.5. The summed E-state index contributed by atoms with van der Waals surface area (Å²) in [6.45, 7) is 18.3. The average Bonchev–Trinajstić information content (AvgIpc) is 3.32. The normalized spacial score (nSPS) is 34.3. The summed E-state index contributed by atoms with van der Waals surface area (Å²) in [5.74, 6) is 5.65. The van der Waals surface area contributed by atoms with Crippen molar-refractivity contribution in [2.75, 3.05) is 0 Å². The maximum Gasteiger partial charge on any atom is 0.408 e. The van der Waals surface area contributed by atoms with Crippen molar-refractivity contribution in [2.45, 2.75) is 163 Å². The predicted octanol–water partition coefficient (Wildman–Crippen LogP) is 10.5. The summed E-state index contributed by atoms with van der Waals surface area (Å²) < 4.78 is 5.67. The largest absolute Gasteiger partial charge is 0.444 e. The van der Waals surface area contributed by atoms with E-state index in [1.165, 1.54) is 83.5 Å². The number of carbonyl (C=O) groups is 1. The molecule has 0 saturated heterocycles. The molecule has 0 aromatic rings. The summed E-state index contributed by atoms with van der Waals surface area (Å²) in [5, 5.41) is 3.38. The van der Waals surface area contributed by atoms with Crippen LogP contribution < -0.4 is 5.32 Å². The van der Waals surface area contributed by atoms with E-state index in [0.29, 0.717) is 11.3 Å². The number of hydrogen-bond donors (Lipinski definition) is 1. The first-order valence-electron chi connectivity index (χ1n) is 17.0. The van der Waals surface area contributed by atoms with Gasteiger partial charge in [0, 0.05) is 5.54 Å². The van der Waals surface area contributed by atoms with Crippen molar-refractivity contribution in [3.8, 4) is 0 Å². The maximum atomic E-state index is 12.7. The number of hydrogen-bond acceptors (Lipinski definition) is 2. The van der Waals surface area contributed by atoms with E-state index >= 15 is 0 Å². The Morgan fingerprint density at radius 2 is 1.67 bits per heavy atom. The smallest absolute Gasteiger partial charge is 0.408 e. The molecule has 5 aliphatic rings. The fraction of sp³-hybridized carbons (Fsp3) is 0.917. The van der Waals surface area contributed by atoms with E-state index in [1.807, 2.05) is 20.8 Å². The molecule has 2 bridgehead atoms. The highest BCUT2D eigenvalue weighted by Gasteiger charge is 2.54. The van der Waals surface area contributed by atoms with Crippen LogP contribution in [-0.4, -0.2) is 17.2 Å². The summed E-state index contributed by atoms with van der Waals surface area (Å²) >= 11 is 0. The van der Waals surface area contributed by atoms with Gasteiger partial charge in [-0.05, 0) is 113 Å². The molecule has 0 radical (unpaired) electrons. The van der Waals surface area contributed by atoms with Crippen LogP contribution in [0.1, 0.15) is 152 Å². The second-order valence-electron chi connectivity index (χ2n) is 16.2. The fourth-order valence-corrected chi connectivity index (χ4v) is 9.45. The van der Waals surface area contributed by atoms with Gasteiger partial charge in [-0.25, -0.2) is 4.79 Å². The summed E-state index contributed by atoms with van der Waals surface area (Å²) in [6.07, 6.45) is 22.3. The highest BCUT2D eigenvalue weighted by atomic mass is 16.6. The molecule has 3 saturated carbocycles. The molecule has 39 heavy (non-hydrogen) atoms. The summed E-state index contributed by atoms with van der Waals surface area (Å²) in [5.41, 5.74) is 1.85. The van der Waals surface area contributed by atoms with Crippen LogP contribution in [0.5, 0.6) is 0 Å². The fourth-order valence-electron chi connectivity index (χ4n) is 9.45. The first kappa shape index (κ1) is 31.0. The Labute approximate surface area is 242 Å². The third-order valence-electron chi connectivity index (χ3n) is 12.1. The molecule has 3 heteroatoms. The Morgan fingerprint density at radius 1 is 1.03 bits per heavy atom.